The molecule has 0 unspecified atom stereocenters. The zero-order valence-corrected chi connectivity index (χ0v) is 13.9. The van der Waals surface area contributed by atoms with Crippen LogP contribution in [-0.4, -0.2) is 37.7 Å². The zero-order chi connectivity index (χ0) is 18.1. The summed E-state index contributed by atoms with van der Waals surface area (Å²) in [5, 5.41) is 10.5. The van der Waals surface area contributed by atoms with Crippen LogP contribution in [0.4, 0.5) is 5.82 Å². The van der Waals surface area contributed by atoms with Crippen LogP contribution >= 0.6 is 0 Å². The van der Waals surface area contributed by atoms with E-state index in [2.05, 4.69) is 30.5 Å². The van der Waals surface area contributed by atoms with E-state index < -0.39 is 5.97 Å². The predicted octanol–water partition coefficient (Wildman–Crippen LogP) is 1.92. The van der Waals surface area contributed by atoms with Crippen LogP contribution in [0.2, 0.25) is 0 Å². The van der Waals surface area contributed by atoms with Crippen molar-refractivity contribution in [3.63, 3.8) is 0 Å². The number of hydrogen-bond donors (Lipinski definition) is 4. The smallest absolute Gasteiger partial charge is 0.339 e. The zero-order valence-electron chi connectivity index (χ0n) is 13.9. The number of ether oxygens (including phenoxy) is 1. The molecule has 0 amide bonds. The topological polar surface area (TPSA) is 129 Å². The van der Waals surface area contributed by atoms with Gasteiger partial charge in [-0.1, -0.05) is 6.07 Å². The lowest BCUT2D eigenvalue weighted by Crippen LogP contribution is -2.08. The van der Waals surface area contributed by atoms with Gasteiger partial charge >= 0.3 is 11.7 Å². The number of esters is 1. The number of nitrogens with zero attached hydrogens (tertiary/aromatic N) is 2. The van der Waals surface area contributed by atoms with Crippen LogP contribution < -0.4 is 11.0 Å². The number of carbonyl (C=O) groups excluding carboxylic acids is 1. The number of imidazole rings is 1. The van der Waals surface area contributed by atoms with Crippen LogP contribution in [0, 0.1) is 0 Å². The standard InChI is InChI=1S/C17H16N6O3/c1-2-26-16(24)10-6-14(22-15-11(10)8-19-23-15)18-7-9-3-4-12-13(5-9)21-17(25)20-12/h3-6,8H,2,7H2,1H3,(H2,20,21,25)(H2,18,19,22,23). The minimum absolute atomic E-state index is 0.240. The molecule has 0 aliphatic carbocycles. The average Bonchev–Trinajstić information content (AvgIpc) is 3.24. The lowest BCUT2D eigenvalue weighted by molar-refractivity contribution is 0.0528. The van der Waals surface area contributed by atoms with Gasteiger partial charge in [-0.2, -0.15) is 5.10 Å². The van der Waals surface area contributed by atoms with Gasteiger partial charge in [0, 0.05) is 6.54 Å². The summed E-state index contributed by atoms with van der Waals surface area (Å²) >= 11 is 0. The van der Waals surface area contributed by atoms with Crippen molar-refractivity contribution in [2.24, 2.45) is 0 Å². The number of H-pyrrole nitrogens is 3. The molecule has 0 spiro atoms. The number of rotatable bonds is 5. The molecule has 9 heteroatoms. The summed E-state index contributed by atoms with van der Waals surface area (Å²) in [5.74, 6) is 0.100. The summed E-state index contributed by atoms with van der Waals surface area (Å²) in [5.41, 5.74) is 3.10. The van der Waals surface area contributed by atoms with Crippen molar-refractivity contribution in [1.29, 1.82) is 0 Å². The van der Waals surface area contributed by atoms with Gasteiger partial charge in [0.15, 0.2) is 5.65 Å². The molecule has 0 fully saturated rings. The van der Waals surface area contributed by atoms with Gasteiger partial charge in [-0.25, -0.2) is 14.6 Å². The number of hydrogen-bond acceptors (Lipinski definition) is 6. The van der Waals surface area contributed by atoms with Crippen molar-refractivity contribution >= 4 is 33.9 Å². The third-order valence-electron chi connectivity index (χ3n) is 3.97. The average molecular weight is 352 g/mol. The quantitative estimate of drug-likeness (QED) is 0.406. The minimum atomic E-state index is -0.421. The highest BCUT2D eigenvalue weighted by molar-refractivity contribution is 6.03. The maximum atomic E-state index is 12.2. The molecular weight excluding hydrogens is 336 g/mol. The fourth-order valence-corrected chi connectivity index (χ4v) is 2.78. The second-order valence-electron chi connectivity index (χ2n) is 5.72. The van der Waals surface area contributed by atoms with Crippen molar-refractivity contribution in [1.82, 2.24) is 25.1 Å². The SMILES string of the molecule is CCOC(=O)c1cc(NCc2ccc3[nH]c(=O)[nH]c3c2)nc2[nH]ncc12. The van der Waals surface area contributed by atoms with Crippen LogP contribution in [0.1, 0.15) is 22.8 Å². The predicted molar refractivity (Wildman–Crippen MR) is 96.1 cm³/mol. The third-order valence-corrected chi connectivity index (χ3v) is 3.97. The second-order valence-corrected chi connectivity index (χ2v) is 5.72. The first kappa shape index (κ1) is 15.9. The summed E-state index contributed by atoms with van der Waals surface area (Å²) in [6, 6.07) is 7.26. The van der Waals surface area contributed by atoms with Gasteiger partial charge in [-0.05, 0) is 30.7 Å². The van der Waals surface area contributed by atoms with Crippen LogP contribution in [0.25, 0.3) is 22.1 Å². The third kappa shape index (κ3) is 2.90. The first-order valence-electron chi connectivity index (χ1n) is 8.10. The molecule has 1 aromatic carbocycles. The summed E-state index contributed by atoms with van der Waals surface area (Å²) in [6.07, 6.45) is 1.55. The molecule has 0 bridgehead atoms. The molecule has 132 valence electrons. The Kier molecular flexibility index (Phi) is 3.88. The minimum Gasteiger partial charge on any atom is -0.462 e. The highest BCUT2D eigenvalue weighted by Crippen LogP contribution is 2.21. The van der Waals surface area contributed by atoms with Gasteiger partial charge in [-0.3, -0.25) is 5.10 Å². The largest absolute Gasteiger partial charge is 0.462 e. The number of benzene rings is 1. The molecule has 26 heavy (non-hydrogen) atoms. The van der Waals surface area contributed by atoms with E-state index in [1.807, 2.05) is 18.2 Å². The molecule has 0 aliphatic rings. The Bertz CT molecular complexity index is 1160. The number of aromatic amines is 3. The number of nitrogens with one attached hydrogen (secondary N) is 4. The van der Waals surface area contributed by atoms with Gasteiger partial charge in [0.1, 0.15) is 5.82 Å². The van der Waals surface area contributed by atoms with E-state index in [9.17, 15) is 9.59 Å². The fraction of sp³-hybridized carbons (Fsp3) is 0.176. The van der Waals surface area contributed by atoms with E-state index in [1.165, 1.54) is 0 Å². The van der Waals surface area contributed by atoms with Crippen LogP contribution in [0.3, 0.4) is 0 Å². The van der Waals surface area contributed by atoms with E-state index in [0.717, 1.165) is 16.6 Å². The van der Waals surface area contributed by atoms with Crippen molar-refractivity contribution in [2.75, 3.05) is 11.9 Å². The van der Waals surface area contributed by atoms with Crippen LogP contribution in [0.5, 0.6) is 0 Å². The normalized spacial score (nSPS) is 11.1. The van der Waals surface area contributed by atoms with Gasteiger partial charge in [0.25, 0.3) is 0 Å². The monoisotopic (exact) mass is 352 g/mol. The molecule has 3 aromatic heterocycles. The maximum Gasteiger partial charge on any atom is 0.339 e. The molecule has 4 rings (SSSR count). The highest BCUT2D eigenvalue weighted by Gasteiger charge is 2.15. The van der Waals surface area contributed by atoms with E-state index >= 15 is 0 Å². The number of fused-ring (bicyclic) bond motifs is 2. The number of aromatic nitrogens is 5. The molecule has 0 atom stereocenters. The highest BCUT2D eigenvalue weighted by atomic mass is 16.5. The number of pyridine rings is 1. The first-order chi connectivity index (χ1) is 12.6. The van der Waals surface area contributed by atoms with Crippen LogP contribution in [0.15, 0.2) is 35.3 Å². The van der Waals surface area contributed by atoms with Gasteiger partial charge in [0.2, 0.25) is 0 Å². The summed E-state index contributed by atoms with van der Waals surface area (Å²) in [7, 11) is 0. The van der Waals surface area contributed by atoms with E-state index in [-0.39, 0.29) is 12.3 Å². The van der Waals surface area contributed by atoms with Crippen molar-refractivity contribution in [3.8, 4) is 0 Å². The Hall–Kier alpha value is -3.62. The Labute approximate surface area is 146 Å². The molecule has 0 radical (unpaired) electrons. The Morgan fingerprint density at radius 2 is 2.08 bits per heavy atom. The van der Waals surface area contributed by atoms with E-state index in [4.69, 9.17) is 4.74 Å². The van der Waals surface area contributed by atoms with E-state index in [1.54, 1.807) is 19.2 Å². The summed E-state index contributed by atoms with van der Waals surface area (Å²) in [4.78, 5) is 33.4. The van der Waals surface area contributed by atoms with E-state index in [0.29, 0.717) is 29.0 Å². The Morgan fingerprint density at radius 3 is 2.92 bits per heavy atom. The molecule has 0 saturated carbocycles. The van der Waals surface area contributed by atoms with Gasteiger partial charge in [0.05, 0.1) is 34.8 Å². The molecule has 0 aliphatic heterocycles. The number of anilines is 1. The van der Waals surface area contributed by atoms with Crippen molar-refractivity contribution in [2.45, 2.75) is 13.5 Å². The van der Waals surface area contributed by atoms with Gasteiger partial charge in [-0.15, -0.1) is 0 Å². The van der Waals surface area contributed by atoms with Gasteiger partial charge < -0.3 is 20.0 Å². The number of carbonyl (C=O) groups is 1. The molecule has 4 aromatic rings. The molecular formula is C17H16N6O3. The Morgan fingerprint density at radius 1 is 1.23 bits per heavy atom. The molecule has 3 heterocycles. The maximum absolute atomic E-state index is 12.2. The first-order valence-corrected chi connectivity index (χ1v) is 8.10. The second kappa shape index (κ2) is 6.36. The molecule has 0 saturated heterocycles. The lowest BCUT2D eigenvalue weighted by atomic mass is 10.1. The van der Waals surface area contributed by atoms with Crippen molar-refractivity contribution < 1.29 is 9.53 Å². The lowest BCUT2D eigenvalue weighted by Gasteiger charge is -2.09. The Balaban J connectivity index is 1.61. The van der Waals surface area contributed by atoms with Crippen LogP contribution in [-0.2, 0) is 11.3 Å². The fourth-order valence-electron chi connectivity index (χ4n) is 2.78. The summed E-state index contributed by atoms with van der Waals surface area (Å²) in [6.45, 7) is 2.52. The van der Waals surface area contributed by atoms with Crippen molar-refractivity contribution in [3.05, 3.63) is 52.1 Å². The summed E-state index contributed by atoms with van der Waals surface area (Å²) < 4.78 is 5.10. The molecule has 4 N–H and O–H groups in total. The molecule has 9 nitrogen and oxygen atoms in total.